The van der Waals surface area contributed by atoms with Crippen molar-refractivity contribution in [3.63, 3.8) is 0 Å². The molecule has 30 heavy (non-hydrogen) atoms. The van der Waals surface area contributed by atoms with Gasteiger partial charge in [0, 0.05) is 23.0 Å². The Labute approximate surface area is 177 Å². The minimum absolute atomic E-state index is 0.0154. The van der Waals surface area contributed by atoms with Gasteiger partial charge in [-0.2, -0.15) is 0 Å². The molecule has 4 rings (SSSR count). The smallest absolute Gasteiger partial charge is 0.262 e. The molecular weight excluding hydrogens is 396 g/mol. The second-order valence-electron chi connectivity index (χ2n) is 7.81. The first-order valence-electron chi connectivity index (χ1n) is 9.88. The van der Waals surface area contributed by atoms with Gasteiger partial charge in [0.05, 0.1) is 4.90 Å². The number of hydrogen-bond acceptors (Lipinski definition) is 3. The van der Waals surface area contributed by atoms with Crippen molar-refractivity contribution in [2.45, 2.75) is 38.1 Å². The third kappa shape index (κ3) is 3.71. The molecule has 0 fully saturated rings. The number of amides is 1. The first-order chi connectivity index (χ1) is 14.3. The molecule has 1 aliphatic heterocycles. The lowest BCUT2D eigenvalue weighted by molar-refractivity contribution is 0.0981. The van der Waals surface area contributed by atoms with Crippen LogP contribution in [0.5, 0.6) is 0 Å². The Morgan fingerprint density at radius 3 is 2.53 bits per heavy atom. The van der Waals surface area contributed by atoms with Crippen LogP contribution in [0.2, 0.25) is 0 Å². The highest BCUT2D eigenvalue weighted by Gasteiger charge is 2.32. The van der Waals surface area contributed by atoms with E-state index in [2.05, 4.69) is 4.72 Å². The molecule has 3 aromatic rings. The Hall–Kier alpha value is -3.12. The van der Waals surface area contributed by atoms with Crippen LogP contribution in [0.1, 0.15) is 34.0 Å². The highest BCUT2D eigenvalue weighted by Crippen LogP contribution is 2.33. The quantitative estimate of drug-likeness (QED) is 0.666. The van der Waals surface area contributed by atoms with Crippen molar-refractivity contribution in [3.05, 3.63) is 89.0 Å². The number of hydrogen-bond donors (Lipinski definition) is 1. The van der Waals surface area contributed by atoms with Gasteiger partial charge in [-0.05, 0) is 74.2 Å². The average Bonchev–Trinajstić information content (AvgIpc) is 3.03. The van der Waals surface area contributed by atoms with E-state index >= 15 is 0 Å². The first kappa shape index (κ1) is 20.2. The van der Waals surface area contributed by atoms with E-state index in [0.29, 0.717) is 16.8 Å². The molecule has 1 amide bonds. The number of sulfonamides is 1. The predicted molar refractivity (Wildman–Crippen MR) is 120 cm³/mol. The van der Waals surface area contributed by atoms with Gasteiger partial charge in [0.2, 0.25) is 0 Å². The lowest BCUT2D eigenvalue weighted by Crippen LogP contribution is -2.35. The molecule has 0 saturated carbocycles. The summed E-state index contributed by atoms with van der Waals surface area (Å²) in [5, 5.41) is 0. The van der Waals surface area contributed by atoms with E-state index in [1.807, 2.05) is 44.2 Å². The molecule has 3 aromatic carbocycles. The van der Waals surface area contributed by atoms with Gasteiger partial charge in [-0.1, -0.05) is 36.4 Å². The number of carbonyl (C=O) groups excluding carboxylic acids is 1. The summed E-state index contributed by atoms with van der Waals surface area (Å²) in [5.41, 5.74) is 4.40. The Kier molecular flexibility index (Phi) is 5.12. The molecular formula is C24H24N2O3S. The summed E-state index contributed by atoms with van der Waals surface area (Å²) >= 11 is 0. The Bertz CT molecular complexity index is 1230. The number of anilines is 2. The zero-order valence-electron chi connectivity index (χ0n) is 17.2. The minimum atomic E-state index is -3.84. The molecule has 1 aliphatic rings. The summed E-state index contributed by atoms with van der Waals surface area (Å²) in [6.45, 7) is 5.63. The summed E-state index contributed by atoms with van der Waals surface area (Å²) in [6.07, 6.45) is 0.786. The Morgan fingerprint density at radius 1 is 1.00 bits per heavy atom. The van der Waals surface area contributed by atoms with Crippen molar-refractivity contribution in [2.75, 3.05) is 9.62 Å². The molecule has 0 bridgehead atoms. The van der Waals surface area contributed by atoms with Crippen molar-refractivity contribution in [1.29, 1.82) is 0 Å². The van der Waals surface area contributed by atoms with Gasteiger partial charge in [-0.15, -0.1) is 0 Å². The van der Waals surface area contributed by atoms with E-state index in [1.54, 1.807) is 42.2 Å². The Balaban J connectivity index is 1.69. The second kappa shape index (κ2) is 7.61. The van der Waals surface area contributed by atoms with Crippen LogP contribution < -0.4 is 9.62 Å². The summed E-state index contributed by atoms with van der Waals surface area (Å²) in [5.74, 6) is -0.195. The average molecular weight is 421 g/mol. The van der Waals surface area contributed by atoms with Gasteiger partial charge in [-0.25, -0.2) is 8.42 Å². The van der Waals surface area contributed by atoms with E-state index < -0.39 is 10.0 Å². The molecule has 0 radical (unpaired) electrons. The van der Waals surface area contributed by atoms with Crippen LogP contribution in [0.3, 0.4) is 0 Å². The molecule has 5 nitrogen and oxygen atoms in total. The van der Waals surface area contributed by atoms with Gasteiger partial charge in [-0.3, -0.25) is 9.52 Å². The van der Waals surface area contributed by atoms with Crippen LogP contribution >= 0.6 is 0 Å². The number of nitrogens with zero attached hydrogens (tertiary/aromatic N) is 1. The van der Waals surface area contributed by atoms with Gasteiger partial charge in [0.15, 0.2) is 0 Å². The maximum Gasteiger partial charge on any atom is 0.262 e. The summed E-state index contributed by atoms with van der Waals surface area (Å²) in [6, 6.07) is 19.9. The van der Waals surface area contributed by atoms with Gasteiger partial charge >= 0.3 is 0 Å². The molecule has 0 spiro atoms. The summed E-state index contributed by atoms with van der Waals surface area (Å²) in [4.78, 5) is 15.2. The molecule has 0 saturated heterocycles. The maximum atomic E-state index is 13.3. The van der Waals surface area contributed by atoms with Crippen molar-refractivity contribution < 1.29 is 13.2 Å². The second-order valence-corrected chi connectivity index (χ2v) is 9.46. The van der Waals surface area contributed by atoms with E-state index in [4.69, 9.17) is 0 Å². The standard InChI is InChI=1S/C24H24N2O3S/c1-16-7-6-9-21(13-16)25-30(28,29)23-15-20(12-11-17(23)2)24(27)26-18(3)14-19-8-4-5-10-22(19)26/h4-13,15,18,25H,14H2,1-3H3. The van der Waals surface area contributed by atoms with Crippen LogP contribution in [0, 0.1) is 13.8 Å². The van der Waals surface area contributed by atoms with Crippen LogP contribution in [-0.4, -0.2) is 20.4 Å². The summed E-state index contributed by atoms with van der Waals surface area (Å²) < 4.78 is 28.7. The molecule has 1 N–H and O–H groups in total. The SMILES string of the molecule is Cc1cccc(NS(=O)(=O)c2cc(C(=O)N3c4ccccc4CC3C)ccc2C)c1. The maximum absolute atomic E-state index is 13.3. The van der Waals surface area contributed by atoms with Crippen LogP contribution in [-0.2, 0) is 16.4 Å². The zero-order valence-corrected chi connectivity index (χ0v) is 18.0. The molecule has 1 heterocycles. The summed E-state index contributed by atoms with van der Waals surface area (Å²) in [7, 11) is -3.84. The third-order valence-electron chi connectivity index (χ3n) is 5.42. The molecule has 154 valence electrons. The van der Waals surface area contributed by atoms with Gasteiger partial charge in [0.25, 0.3) is 15.9 Å². The number of fused-ring (bicyclic) bond motifs is 1. The highest BCUT2D eigenvalue weighted by atomic mass is 32.2. The molecule has 1 unspecified atom stereocenters. The molecule has 0 aliphatic carbocycles. The van der Waals surface area contributed by atoms with E-state index in [9.17, 15) is 13.2 Å². The number of nitrogens with one attached hydrogen (secondary N) is 1. The van der Waals surface area contributed by atoms with E-state index in [1.165, 1.54) is 6.07 Å². The van der Waals surface area contributed by atoms with Gasteiger partial charge < -0.3 is 4.90 Å². The predicted octanol–water partition coefficient (Wildman–Crippen LogP) is 4.70. The fraction of sp³-hybridized carbons (Fsp3) is 0.208. The van der Waals surface area contributed by atoms with Crippen molar-refractivity contribution >= 4 is 27.3 Å². The number of rotatable bonds is 4. The Morgan fingerprint density at radius 2 is 1.77 bits per heavy atom. The third-order valence-corrected chi connectivity index (χ3v) is 6.94. The molecule has 6 heteroatoms. The fourth-order valence-electron chi connectivity index (χ4n) is 3.96. The molecule has 1 atom stereocenters. The largest absolute Gasteiger partial charge is 0.305 e. The number of aryl methyl sites for hydroxylation is 2. The van der Waals surface area contributed by atoms with Crippen molar-refractivity contribution in [1.82, 2.24) is 0 Å². The molecule has 0 aromatic heterocycles. The first-order valence-corrected chi connectivity index (χ1v) is 11.4. The number of benzene rings is 3. The van der Waals surface area contributed by atoms with Crippen molar-refractivity contribution in [3.8, 4) is 0 Å². The van der Waals surface area contributed by atoms with E-state index in [-0.39, 0.29) is 16.8 Å². The van der Waals surface area contributed by atoms with Crippen LogP contribution in [0.15, 0.2) is 71.6 Å². The van der Waals surface area contributed by atoms with E-state index in [0.717, 1.165) is 23.2 Å². The van der Waals surface area contributed by atoms with Crippen LogP contribution in [0.25, 0.3) is 0 Å². The van der Waals surface area contributed by atoms with Crippen molar-refractivity contribution in [2.24, 2.45) is 0 Å². The zero-order chi connectivity index (χ0) is 21.5. The minimum Gasteiger partial charge on any atom is -0.305 e. The normalized spacial score (nSPS) is 15.7. The number of para-hydroxylation sites is 1. The monoisotopic (exact) mass is 420 g/mol. The fourth-order valence-corrected chi connectivity index (χ4v) is 5.28. The van der Waals surface area contributed by atoms with Gasteiger partial charge in [0.1, 0.15) is 0 Å². The van der Waals surface area contributed by atoms with Crippen LogP contribution in [0.4, 0.5) is 11.4 Å². The lowest BCUT2D eigenvalue weighted by Gasteiger charge is -2.23. The topological polar surface area (TPSA) is 66.5 Å². The lowest BCUT2D eigenvalue weighted by atomic mass is 10.1. The number of carbonyl (C=O) groups is 1. The highest BCUT2D eigenvalue weighted by molar-refractivity contribution is 7.92.